The molecule has 0 aliphatic heterocycles. The molecule has 0 unspecified atom stereocenters. The van der Waals surface area contributed by atoms with E-state index in [1.165, 1.54) is 0 Å². The second-order valence-electron chi connectivity index (χ2n) is 15.9. The Hall–Kier alpha value is -8.50. The molecule has 0 amide bonds. The molecule has 0 saturated heterocycles. The van der Waals surface area contributed by atoms with Crippen LogP contribution in [0.3, 0.4) is 0 Å². The summed E-state index contributed by atoms with van der Waals surface area (Å²) in [5, 5.41) is 8.17. The first-order valence-electron chi connectivity index (χ1n) is 21.4. The maximum Gasteiger partial charge on any atom is 0.203 e. The molecule has 0 fully saturated rings. The fraction of sp³-hybridized carbons (Fsp3) is 0.107. The number of anilines is 6. The fourth-order valence-corrected chi connectivity index (χ4v) is 9.27. The van der Waals surface area contributed by atoms with E-state index >= 15 is 0 Å². The van der Waals surface area contributed by atoms with Gasteiger partial charge in [-0.05, 0) is 106 Å². The lowest BCUT2D eigenvalue weighted by Gasteiger charge is -2.27. The monoisotopic (exact) mass is 872 g/mol. The van der Waals surface area contributed by atoms with Crippen molar-refractivity contribution >= 4 is 99.5 Å². The third-order valence-electron chi connectivity index (χ3n) is 12.3. The largest absolute Gasteiger partial charge is 0.493 e. The van der Waals surface area contributed by atoms with Gasteiger partial charge in [0.2, 0.25) is 11.5 Å². The first-order valence-corrected chi connectivity index (χ1v) is 21.4. The van der Waals surface area contributed by atoms with Gasteiger partial charge in [-0.1, -0.05) is 48.5 Å². The minimum Gasteiger partial charge on any atom is -0.493 e. The number of fused-ring (bicyclic) bond motifs is 9. The van der Waals surface area contributed by atoms with Crippen molar-refractivity contribution < 1.29 is 37.3 Å². The van der Waals surface area contributed by atoms with E-state index in [2.05, 4.69) is 101 Å². The molecule has 11 aromatic rings. The number of furan rings is 2. The molecular formula is C56H44N2O8. The van der Waals surface area contributed by atoms with Gasteiger partial charge in [0.15, 0.2) is 23.0 Å². The predicted octanol–water partition coefficient (Wildman–Crippen LogP) is 14.8. The van der Waals surface area contributed by atoms with E-state index in [1.54, 1.807) is 42.7 Å². The van der Waals surface area contributed by atoms with Gasteiger partial charge in [0.25, 0.3) is 0 Å². The molecule has 9 aromatic carbocycles. The summed E-state index contributed by atoms with van der Waals surface area (Å²) in [7, 11) is 9.72. The third kappa shape index (κ3) is 6.56. The number of benzene rings is 9. The number of methoxy groups -OCH3 is 6. The Labute approximate surface area is 380 Å². The summed E-state index contributed by atoms with van der Waals surface area (Å²) in [6.07, 6.45) is 0. The highest BCUT2D eigenvalue weighted by molar-refractivity contribution is 6.24. The molecule has 66 heavy (non-hydrogen) atoms. The first kappa shape index (κ1) is 40.3. The van der Waals surface area contributed by atoms with Crippen LogP contribution in [0.2, 0.25) is 0 Å². The van der Waals surface area contributed by atoms with Crippen molar-refractivity contribution in [3.05, 3.63) is 158 Å². The molecule has 0 bridgehead atoms. The summed E-state index contributed by atoms with van der Waals surface area (Å²) in [5.41, 5.74) is 8.64. The normalized spacial score (nSPS) is 11.5. The van der Waals surface area contributed by atoms with Gasteiger partial charge in [0.1, 0.15) is 22.3 Å². The smallest absolute Gasteiger partial charge is 0.203 e. The molecule has 0 N–H and O–H groups in total. The van der Waals surface area contributed by atoms with E-state index in [-0.39, 0.29) is 0 Å². The SMILES string of the molecule is COc1cc(N(c2ccccc2)c2ccc3cc4c(cc3c2)oc2c4ccc3oc4cc5cc(N(c6ccccc6)c6cc(OC)c(OC)c(OC)c6)ccc5cc4c32)cc(OC)c1OC. The standard InChI is InChI=1S/C56H44N2O8/c1-59-49-29-41(30-50(60-2)55(49)63-5)57(37-13-9-7-10-14-37)39-19-17-33-25-44-43-21-22-46-53(54(43)66-47(44)27-35(33)23-39)45-26-34-18-20-40(24-36(34)28-48(45)65-46)58(38-15-11-8-12-16-38)42-31-51(61-3)56(64-6)52(32-42)62-4/h7-32H,1-6H3. The van der Waals surface area contributed by atoms with Gasteiger partial charge in [0.05, 0.1) is 59.4 Å². The van der Waals surface area contributed by atoms with E-state index in [1.807, 2.05) is 66.7 Å². The minimum atomic E-state index is 0.530. The molecule has 11 rings (SSSR count). The molecule has 326 valence electrons. The Morgan fingerprint density at radius 3 is 1.23 bits per heavy atom. The fourth-order valence-electron chi connectivity index (χ4n) is 9.27. The van der Waals surface area contributed by atoms with E-state index in [9.17, 15) is 0 Å². The Bertz CT molecular complexity index is 3590. The lowest BCUT2D eigenvalue weighted by molar-refractivity contribution is 0.324. The number of para-hydroxylation sites is 2. The van der Waals surface area contributed by atoms with Crippen LogP contribution in [0.15, 0.2) is 167 Å². The molecule has 0 atom stereocenters. The van der Waals surface area contributed by atoms with Crippen molar-refractivity contribution in [1.82, 2.24) is 0 Å². The van der Waals surface area contributed by atoms with E-state index in [0.717, 1.165) is 99.5 Å². The maximum absolute atomic E-state index is 6.85. The molecule has 2 aromatic heterocycles. The predicted molar refractivity (Wildman–Crippen MR) is 265 cm³/mol. The second-order valence-corrected chi connectivity index (χ2v) is 15.9. The topological polar surface area (TPSA) is 88.1 Å². The summed E-state index contributed by atoms with van der Waals surface area (Å²) in [6, 6.07) is 54.0. The highest BCUT2D eigenvalue weighted by Crippen LogP contribution is 2.48. The second kappa shape index (κ2) is 16.2. The van der Waals surface area contributed by atoms with Gasteiger partial charge >= 0.3 is 0 Å². The van der Waals surface area contributed by atoms with Gasteiger partial charge in [-0.15, -0.1) is 0 Å². The lowest BCUT2D eigenvalue weighted by Crippen LogP contribution is -2.10. The molecule has 0 spiro atoms. The number of hydrogen-bond acceptors (Lipinski definition) is 10. The highest BCUT2D eigenvalue weighted by Gasteiger charge is 2.23. The third-order valence-corrected chi connectivity index (χ3v) is 12.3. The van der Waals surface area contributed by atoms with Crippen LogP contribution in [-0.2, 0) is 0 Å². The van der Waals surface area contributed by atoms with Gasteiger partial charge in [-0.3, -0.25) is 0 Å². The number of hydrogen-bond donors (Lipinski definition) is 0. The molecule has 10 nitrogen and oxygen atoms in total. The maximum atomic E-state index is 6.85. The van der Waals surface area contributed by atoms with E-state index in [4.69, 9.17) is 37.3 Å². The quantitative estimate of drug-likeness (QED) is 0.118. The van der Waals surface area contributed by atoms with Gasteiger partial charge in [-0.25, -0.2) is 0 Å². The Kier molecular flexibility index (Phi) is 9.92. The molecule has 0 aliphatic rings. The molecular weight excluding hydrogens is 829 g/mol. The molecule has 0 radical (unpaired) electrons. The summed E-state index contributed by atoms with van der Waals surface area (Å²) in [5.74, 6) is 3.32. The zero-order valence-electron chi connectivity index (χ0n) is 37.2. The zero-order valence-corrected chi connectivity index (χ0v) is 37.2. The Morgan fingerprint density at radius 1 is 0.318 bits per heavy atom. The van der Waals surface area contributed by atoms with Crippen molar-refractivity contribution in [2.45, 2.75) is 0 Å². The van der Waals surface area contributed by atoms with Crippen molar-refractivity contribution in [3.63, 3.8) is 0 Å². The van der Waals surface area contributed by atoms with Gasteiger partial charge < -0.3 is 47.1 Å². The number of rotatable bonds is 12. The van der Waals surface area contributed by atoms with Gasteiger partial charge in [0, 0.05) is 63.2 Å². The lowest BCUT2D eigenvalue weighted by atomic mass is 10.0. The summed E-state index contributed by atoms with van der Waals surface area (Å²) >= 11 is 0. The average molecular weight is 873 g/mol. The van der Waals surface area contributed by atoms with Crippen LogP contribution in [0.4, 0.5) is 34.1 Å². The summed E-state index contributed by atoms with van der Waals surface area (Å²) in [4.78, 5) is 4.35. The Morgan fingerprint density at radius 2 is 0.773 bits per heavy atom. The van der Waals surface area contributed by atoms with Crippen LogP contribution < -0.4 is 38.2 Å². The van der Waals surface area contributed by atoms with Crippen LogP contribution in [0.1, 0.15) is 0 Å². The van der Waals surface area contributed by atoms with Crippen molar-refractivity contribution in [1.29, 1.82) is 0 Å². The van der Waals surface area contributed by atoms with Gasteiger partial charge in [-0.2, -0.15) is 0 Å². The number of ether oxygens (including phenoxy) is 6. The Balaban J connectivity index is 1.03. The van der Waals surface area contributed by atoms with Crippen molar-refractivity contribution in [2.24, 2.45) is 0 Å². The van der Waals surface area contributed by atoms with Crippen LogP contribution >= 0.6 is 0 Å². The van der Waals surface area contributed by atoms with Crippen LogP contribution in [0.5, 0.6) is 34.5 Å². The minimum absolute atomic E-state index is 0.530. The van der Waals surface area contributed by atoms with Crippen LogP contribution in [-0.4, -0.2) is 42.7 Å². The average Bonchev–Trinajstić information content (AvgIpc) is 3.91. The van der Waals surface area contributed by atoms with E-state index in [0.29, 0.717) is 34.5 Å². The van der Waals surface area contributed by atoms with Crippen LogP contribution in [0, 0.1) is 0 Å². The van der Waals surface area contributed by atoms with Crippen LogP contribution in [0.25, 0.3) is 65.4 Å². The van der Waals surface area contributed by atoms with E-state index < -0.39 is 0 Å². The summed E-state index contributed by atoms with van der Waals surface area (Å²) in [6.45, 7) is 0. The number of nitrogens with zero attached hydrogens (tertiary/aromatic N) is 2. The molecule has 0 aliphatic carbocycles. The van der Waals surface area contributed by atoms with Crippen molar-refractivity contribution in [3.8, 4) is 34.5 Å². The molecule has 0 saturated carbocycles. The zero-order chi connectivity index (χ0) is 45.1. The summed E-state index contributed by atoms with van der Waals surface area (Å²) < 4.78 is 47.8. The van der Waals surface area contributed by atoms with Crippen molar-refractivity contribution in [2.75, 3.05) is 52.5 Å². The first-order chi connectivity index (χ1) is 32.4. The molecule has 2 heterocycles. The molecule has 10 heteroatoms. The highest BCUT2D eigenvalue weighted by atomic mass is 16.5.